The summed E-state index contributed by atoms with van der Waals surface area (Å²) in [6, 6.07) is 17.8. The molecule has 0 amide bonds. The van der Waals surface area contributed by atoms with Crippen LogP contribution in [0, 0.1) is 0 Å². The van der Waals surface area contributed by atoms with Crippen LogP contribution >= 0.6 is 0 Å². The molecule has 0 unspecified atom stereocenters. The van der Waals surface area contributed by atoms with Gasteiger partial charge in [-0.1, -0.05) is 42.5 Å². The molecular formula is C24H30N2O. The van der Waals surface area contributed by atoms with Gasteiger partial charge in [0.2, 0.25) is 0 Å². The first-order valence-electron chi connectivity index (χ1n) is 10.4. The number of carbonyl (C=O) groups is 1. The number of hydrogen-bond acceptors (Lipinski definition) is 3. The van der Waals surface area contributed by atoms with Gasteiger partial charge in [-0.05, 0) is 73.4 Å². The van der Waals surface area contributed by atoms with E-state index in [-0.39, 0.29) is 5.41 Å². The zero-order valence-electron chi connectivity index (χ0n) is 16.1. The van der Waals surface area contributed by atoms with Crippen molar-refractivity contribution in [3.8, 4) is 0 Å². The van der Waals surface area contributed by atoms with Crippen molar-refractivity contribution in [2.45, 2.75) is 50.5 Å². The van der Waals surface area contributed by atoms with Gasteiger partial charge in [0.15, 0.2) is 0 Å². The summed E-state index contributed by atoms with van der Waals surface area (Å²) >= 11 is 0. The number of piperidine rings is 1. The second-order valence-corrected chi connectivity index (χ2v) is 8.15. The second kappa shape index (κ2) is 8.26. The van der Waals surface area contributed by atoms with E-state index in [9.17, 15) is 4.79 Å². The average Bonchev–Trinajstić information content (AvgIpc) is 2.74. The number of likely N-dealkylation sites (tertiary alicyclic amines) is 1. The normalized spacial score (nSPS) is 19.1. The number of hydrogen-bond donors (Lipinski definition) is 1. The highest BCUT2D eigenvalue weighted by atomic mass is 16.1. The Morgan fingerprint density at radius 1 is 1.07 bits per heavy atom. The maximum Gasteiger partial charge on any atom is 0.120 e. The topological polar surface area (TPSA) is 32.3 Å². The summed E-state index contributed by atoms with van der Waals surface area (Å²) in [6.45, 7) is 4.29. The van der Waals surface area contributed by atoms with Crippen LogP contribution in [0.3, 0.4) is 0 Å². The molecule has 0 radical (unpaired) electrons. The van der Waals surface area contributed by atoms with Crippen molar-refractivity contribution in [2.24, 2.45) is 0 Å². The van der Waals surface area contributed by atoms with Crippen molar-refractivity contribution >= 4 is 12.0 Å². The number of nitrogens with one attached hydrogen (secondary N) is 1. The van der Waals surface area contributed by atoms with Gasteiger partial charge < -0.3 is 10.1 Å². The van der Waals surface area contributed by atoms with Crippen LogP contribution in [0.15, 0.2) is 48.5 Å². The van der Waals surface area contributed by atoms with Crippen LogP contribution in [-0.4, -0.2) is 30.8 Å². The van der Waals surface area contributed by atoms with Gasteiger partial charge in [-0.3, -0.25) is 4.90 Å². The molecule has 27 heavy (non-hydrogen) atoms. The number of carbonyl (C=O) groups excluding carboxylic acids is 1. The Kier molecular flexibility index (Phi) is 5.58. The molecule has 2 aromatic carbocycles. The van der Waals surface area contributed by atoms with Crippen LogP contribution in [-0.2, 0) is 23.2 Å². The first-order valence-corrected chi connectivity index (χ1v) is 10.4. The van der Waals surface area contributed by atoms with Gasteiger partial charge in [-0.25, -0.2) is 0 Å². The third-order valence-electron chi connectivity index (χ3n) is 6.46. The van der Waals surface area contributed by atoms with Gasteiger partial charge in [0, 0.05) is 25.2 Å². The Morgan fingerprint density at radius 2 is 1.89 bits per heavy atom. The minimum Gasteiger partial charge on any atom is -0.385 e. The van der Waals surface area contributed by atoms with Crippen molar-refractivity contribution in [1.29, 1.82) is 0 Å². The first-order chi connectivity index (χ1) is 13.3. The molecular weight excluding hydrogens is 332 g/mol. The zero-order valence-corrected chi connectivity index (χ0v) is 16.1. The monoisotopic (exact) mass is 362 g/mol. The lowest BCUT2D eigenvalue weighted by Gasteiger charge is -2.43. The van der Waals surface area contributed by atoms with Crippen molar-refractivity contribution in [3.63, 3.8) is 0 Å². The van der Waals surface area contributed by atoms with E-state index in [4.69, 9.17) is 0 Å². The molecule has 1 fully saturated rings. The molecule has 2 heterocycles. The Bertz CT molecular complexity index is 763. The van der Waals surface area contributed by atoms with Gasteiger partial charge in [-0.2, -0.15) is 0 Å². The number of benzene rings is 2. The van der Waals surface area contributed by atoms with E-state index in [0.29, 0.717) is 6.42 Å². The molecule has 3 heteroatoms. The summed E-state index contributed by atoms with van der Waals surface area (Å²) in [5.74, 6) is 0. The molecule has 0 atom stereocenters. The van der Waals surface area contributed by atoms with Gasteiger partial charge in [0.1, 0.15) is 6.29 Å². The summed E-state index contributed by atoms with van der Waals surface area (Å²) in [4.78, 5) is 13.7. The van der Waals surface area contributed by atoms with Crippen LogP contribution in [0.5, 0.6) is 0 Å². The molecule has 0 spiro atoms. The Balaban J connectivity index is 1.51. The minimum atomic E-state index is 0.141. The number of aryl methyl sites for hydroxylation is 1. The molecule has 0 aromatic heterocycles. The van der Waals surface area contributed by atoms with E-state index in [1.807, 2.05) is 0 Å². The van der Waals surface area contributed by atoms with E-state index in [2.05, 4.69) is 58.7 Å². The molecule has 2 aliphatic heterocycles. The van der Waals surface area contributed by atoms with Gasteiger partial charge in [-0.15, -0.1) is 0 Å². The fourth-order valence-corrected chi connectivity index (χ4v) is 4.79. The molecule has 1 saturated heterocycles. The standard InChI is InChI=1S/C24H30N2O/c27-17-5-11-24(22-10-9-21-8-4-14-25-23(21)18-22)12-15-26(16-13-24)19-20-6-2-1-3-7-20/h1-3,6-7,9-10,17-18,25H,4-5,8,11-16,19H2. The summed E-state index contributed by atoms with van der Waals surface area (Å²) < 4.78 is 0. The van der Waals surface area contributed by atoms with Crippen LogP contribution < -0.4 is 5.32 Å². The predicted molar refractivity (Wildman–Crippen MR) is 111 cm³/mol. The van der Waals surface area contributed by atoms with E-state index in [0.717, 1.165) is 51.7 Å². The molecule has 0 saturated carbocycles. The molecule has 1 N–H and O–H groups in total. The minimum absolute atomic E-state index is 0.141. The van der Waals surface area contributed by atoms with Crippen LogP contribution in [0.4, 0.5) is 5.69 Å². The molecule has 4 rings (SSSR count). The fourth-order valence-electron chi connectivity index (χ4n) is 4.79. The zero-order chi connectivity index (χ0) is 18.5. The van der Waals surface area contributed by atoms with E-state index < -0.39 is 0 Å². The van der Waals surface area contributed by atoms with E-state index >= 15 is 0 Å². The van der Waals surface area contributed by atoms with Crippen molar-refractivity contribution in [1.82, 2.24) is 4.90 Å². The lowest BCUT2D eigenvalue weighted by atomic mass is 9.69. The third kappa shape index (κ3) is 4.08. The SMILES string of the molecule is O=CCCC1(c2ccc3c(c2)NCCC3)CCN(Cc2ccccc2)CC1. The van der Waals surface area contributed by atoms with Crippen LogP contribution in [0.25, 0.3) is 0 Å². The summed E-state index contributed by atoms with van der Waals surface area (Å²) in [5, 5.41) is 3.58. The number of fused-ring (bicyclic) bond motifs is 1. The fraction of sp³-hybridized carbons (Fsp3) is 0.458. The largest absolute Gasteiger partial charge is 0.385 e. The molecule has 0 aliphatic carbocycles. The third-order valence-corrected chi connectivity index (χ3v) is 6.46. The summed E-state index contributed by atoms with van der Waals surface area (Å²) in [7, 11) is 0. The smallest absolute Gasteiger partial charge is 0.120 e. The Morgan fingerprint density at radius 3 is 2.67 bits per heavy atom. The van der Waals surface area contributed by atoms with Crippen molar-refractivity contribution in [3.05, 3.63) is 65.2 Å². The molecule has 142 valence electrons. The number of aldehydes is 1. The summed E-state index contributed by atoms with van der Waals surface area (Å²) in [6.07, 6.45) is 7.37. The lowest BCUT2D eigenvalue weighted by Crippen LogP contribution is -2.42. The number of rotatable bonds is 6. The maximum absolute atomic E-state index is 11.1. The van der Waals surface area contributed by atoms with Crippen molar-refractivity contribution in [2.75, 3.05) is 25.0 Å². The molecule has 0 bridgehead atoms. The number of anilines is 1. The highest BCUT2D eigenvalue weighted by Gasteiger charge is 2.36. The molecule has 2 aliphatic rings. The van der Waals surface area contributed by atoms with Gasteiger partial charge in [0.05, 0.1) is 0 Å². The van der Waals surface area contributed by atoms with Gasteiger partial charge in [0.25, 0.3) is 0 Å². The van der Waals surface area contributed by atoms with E-state index in [1.165, 1.54) is 35.2 Å². The van der Waals surface area contributed by atoms with Crippen molar-refractivity contribution < 1.29 is 4.79 Å². The Labute approximate surface area is 162 Å². The average molecular weight is 363 g/mol. The Hall–Kier alpha value is -2.13. The first kappa shape index (κ1) is 18.2. The van der Waals surface area contributed by atoms with Gasteiger partial charge >= 0.3 is 0 Å². The lowest BCUT2D eigenvalue weighted by molar-refractivity contribution is -0.108. The molecule has 2 aromatic rings. The quantitative estimate of drug-likeness (QED) is 0.765. The maximum atomic E-state index is 11.1. The molecule has 3 nitrogen and oxygen atoms in total. The highest BCUT2D eigenvalue weighted by Crippen LogP contribution is 2.41. The van der Waals surface area contributed by atoms with E-state index in [1.54, 1.807) is 0 Å². The number of nitrogens with zero attached hydrogens (tertiary/aromatic N) is 1. The predicted octanol–water partition coefficient (Wildman–Crippen LogP) is 4.56. The highest BCUT2D eigenvalue weighted by molar-refractivity contribution is 5.56. The van der Waals surface area contributed by atoms with Crippen LogP contribution in [0.2, 0.25) is 0 Å². The summed E-state index contributed by atoms with van der Waals surface area (Å²) in [5.41, 5.74) is 5.71. The second-order valence-electron chi connectivity index (χ2n) is 8.15. The van der Waals surface area contributed by atoms with Crippen LogP contribution in [0.1, 0.15) is 48.8 Å².